The number of rotatable bonds is 6. The van der Waals surface area contributed by atoms with Gasteiger partial charge in [-0.15, -0.1) is 0 Å². The maximum atomic E-state index is 12.2. The Balaban J connectivity index is 1.91. The van der Waals surface area contributed by atoms with E-state index in [4.69, 9.17) is 0 Å². The van der Waals surface area contributed by atoms with Gasteiger partial charge in [-0.25, -0.2) is 0 Å². The molecule has 1 saturated carbocycles. The molecule has 20 heavy (non-hydrogen) atoms. The molecule has 2 rings (SSSR count). The maximum absolute atomic E-state index is 12.2. The fraction of sp³-hybridized carbons (Fsp3) is 0.588. The van der Waals surface area contributed by atoms with Crippen molar-refractivity contribution in [1.82, 2.24) is 5.32 Å². The first kappa shape index (κ1) is 14.9. The molecular weight excluding hydrogens is 248 g/mol. The predicted octanol–water partition coefficient (Wildman–Crippen LogP) is 3.82. The van der Waals surface area contributed by atoms with E-state index >= 15 is 0 Å². The molecule has 0 spiro atoms. The molecule has 0 heterocycles. The highest BCUT2D eigenvalue weighted by Crippen LogP contribution is 2.40. The van der Waals surface area contributed by atoms with Crippen molar-refractivity contribution in [3.05, 3.63) is 29.8 Å². The number of hydrogen-bond acceptors (Lipinski definition) is 2. The van der Waals surface area contributed by atoms with Crippen LogP contribution < -0.4 is 10.6 Å². The van der Waals surface area contributed by atoms with E-state index < -0.39 is 0 Å². The molecule has 0 atom stereocenters. The van der Waals surface area contributed by atoms with E-state index in [9.17, 15) is 4.79 Å². The average molecular weight is 274 g/mol. The summed E-state index contributed by atoms with van der Waals surface area (Å²) >= 11 is 0. The predicted molar refractivity (Wildman–Crippen MR) is 84.1 cm³/mol. The third-order valence-electron chi connectivity index (χ3n) is 4.57. The van der Waals surface area contributed by atoms with Gasteiger partial charge in [0.25, 0.3) is 5.91 Å². The highest BCUT2D eigenvalue weighted by molar-refractivity contribution is 5.94. The number of benzene rings is 1. The van der Waals surface area contributed by atoms with Crippen LogP contribution in [-0.4, -0.2) is 19.0 Å². The van der Waals surface area contributed by atoms with Gasteiger partial charge in [0.1, 0.15) is 0 Å². The molecule has 3 nitrogen and oxygen atoms in total. The Morgan fingerprint density at radius 2 is 1.80 bits per heavy atom. The molecule has 1 aromatic carbocycles. The van der Waals surface area contributed by atoms with Crippen LogP contribution in [0.1, 0.15) is 56.3 Å². The van der Waals surface area contributed by atoms with Gasteiger partial charge in [0.15, 0.2) is 0 Å². The summed E-state index contributed by atoms with van der Waals surface area (Å²) in [7, 11) is 0. The van der Waals surface area contributed by atoms with Crippen molar-refractivity contribution < 1.29 is 4.79 Å². The molecule has 3 heteroatoms. The van der Waals surface area contributed by atoms with Crippen molar-refractivity contribution in [2.75, 3.05) is 18.4 Å². The Kier molecular flexibility index (Phi) is 5.05. The SMILES string of the molecule is CCNc1ccc(C(=O)NCC2(CC)CCCC2)cc1. The van der Waals surface area contributed by atoms with Crippen LogP contribution >= 0.6 is 0 Å². The van der Waals surface area contributed by atoms with Crippen molar-refractivity contribution in [2.24, 2.45) is 5.41 Å². The zero-order valence-electron chi connectivity index (χ0n) is 12.7. The van der Waals surface area contributed by atoms with E-state index in [2.05, 4.69) is 24.5 Å². The Morgan fingerprint density at radius 3 is 2.35 bits per heavy atom. The van der Waals surface area contributed by atoms with Crippen molar-refractivity contribution in [3.63, 3.8) is 0 Å². The fourth-order valence-corrected chi connectivity index (χ4v) is 3.09. The first-order valence-electron chi connectivity index (χ1n) is 7.81. The van der Waals surface area contributed by atoms with E-state index in [0.29, 0.717) is 5.41 Å². The lowest BCUT2D eigenvalue weighted by Crippen LogP contribution is -2.35. The standard InChI is InChI=1S/C17H26N2O/c1-3-17(11-5-6-12-17)13-19-16(20)14-7-9-15(10-8-14)18-4-2/h7-10,18H,3-6,11-13H2,1-2H3,(H,19,20). The number of carbonyl (C=O) groups is 1. The quantitative estimate of drug-likeness (QED) is 0.828. The second-order valence-electron chi connectivity index (χ2n) is 5.85. The van der Waals surface area contributed by atoms with Crippen molar-refractivity contribution in [3.8, 4) is 0 Å². The summed E-state index contributed by atoms with van der Waals surface area (Å²) in [5, 5.41) is 6.36. The van der Waals surface area contributed by atoms with Crippen molar-refractivity contribution in [2.45, 2.75) is 46.0 Å². The third kappa shape index (κ3) is 3.53. The van der Waals surface area contributed by atoms with Gasteiger partial charge < -0.3 is 10.6 Å². The van der Waals surface area contributed by atoms with Crippen LogP contribution in [0.25, 0.3) is 0 Å². The first-order valence-corrected chi connectivity index (χ1v) is 7.81. The summed E-state index contributed by atoms with van der Waals surface area (Å²) in [4.78, 5) is 12.2. The monoisotopic (exact) mass is 274 g/mol. The largest absolute Gasteiger partial charge is 0.385 e. The molecule has 0 saturated heterocycles. The zero-order valence-corrected chi connectivity index (χ0v) is 12.7. The number of carbonyl (C=O) groups excluding carboxylic acids is 1. The molecule has 1 aliphatic carbocycles. The Bertz CT molecular complexity index is 433. The van der Waals surface area contributed by atoms with E-state index in [1.54, 1.807) is 0 Å². The van der Waals surface area contributed by atoms with E-state index in [-0.39, 0.29) is 5.91 Å². The average Bonchev–Trinajstić information content (AvgIpc) is 2.95. The summed E-state index contributed by atoms with van der Waals surface area (Å²) in [5.74, 6) is 0.0489. The molecule has 110 valence electrons. The van der Waals surface area contributed by atoms with Gasteiger partial charge in [0, 0.05) is 24.3 Å². The molecule has 1 fully saturated rings. The molecule has 0 radical (unpaired) electrons. The van der Waals surface area contributed by atoms with Crippen LogP contribution in [0, 0.1) is 5.41 Å². The summed E-state index contributed by atoms with van der Waals surface area (Å²) in [6.07, 6.45) is 6.28. The van der Waals surface area contributed by atoms with Crippen molar-refractivity contribution >= 4 is 11.6 Å². The van der Waals surface area contributed by atoms with Crippen LogP contribution in [0.2, 0.25) is 0 Å². The Labute approximate surface area is 122 Å². The zero-order chi connectivity index (χ0) is 14.4. The van der Waals surface area contributed by atoms with E-state index in [1.165, 1.54) is 25.7 Å². The fourth-order valence-electron chi connectivity index (χ4n) is 3.09. The summed E-state index contributed by atoms with van der Waals surface area (Å²) in [6.45, 7) is 6.01. The van der Waals surface area contributed by atoms with Gasteiger partial charge >= 0.3 is 0 Å². The van der Waals surface area contributed by atoms with Crippen LogP contribution in [0.4, 0.5) is 5.69 Å². The van der Waals surface area contributed by atoms with Crippen molar-refractivity contribution in [1.29, 1.82) is 0 Å². The lowest BCUT2D eigenvalue weighted by Gasteiger charge is -2.27. The van der Waals surface area contributed by atoms with Gasteiger partial charge in [-0.3, -0.25) is 4.79 Å². The molecule has 0 bridgehead atoms. The van der Waals surface area contributed by atoms with Gasteiger partial charge in [-0.1, -0.05) is 19.8 Å². The third-order valence-corrected chi connectivity index (χ3v) is 4.57. The van der Waals surface area contributed by atoms with E-state index in [0.717, 1.165) is 30.8 Å². The number of amides is 1. The number of nitrogens with one attached hydrogen (secondary N) is 2. The highest BCUT2D eigenvalue weighted by Gasteiger charge is 2.32. The molecule has 2 N–H and O–H groups in total. The normalized spacial score (nSPS) is 16.9. The summed E-state index contributed by atoms with van der Waals surface area (Å²) < 4.78 is 0. The van der Waals surface area contributed by atoms with Crippen LogP contribution in [-0.2, 0) is 0 Å². The molecule has 1 aromatic rings. The smallest absolute Gasteiger partial charge is 0.251 e. The highest BCUT2D eigenvalue weighted by atomic mass is 16.1. The molecule has 0 aromatic heterocycles. The number of hydrogen-bond donors (Lipinski definition) is 2. The lowest BCUT2D eigenvalue weighted by atomic mass is 9.83. The minimum absolute atomic E-state index is 0.0489. The maximum Gasteiger partial charge on any atom is 0.251 e. The molecule has 0 unspecified atom stereocenters. The van der Waals surface area contributed by atoms with Gasteiger partial charge in [0.2, 0.25) is 0 Å². The Morgan fingerprint density at radius 1 is 1.15 bits per heavy atom. The topological polar surface area (TPSA) is 41.1 Å². The second-order valence-corrected chi connectivity index (χ2v) is 5.85. The van der Waals surface area contributed by atoms with Gasteiger partial charge in [-0.2, -0.15) is 0 Å². The van der Waals surface area contributed by atoms with Gasteiger partial charge in [0.05, 0.1) is 0 Å². The van der Waals surface area contributed by atoms with Gasteiger partial charge in [-0.05, 0) is 55.9 Å². The molecule has 1 aliphatic rings. The molecule has 1 amide bonds. The Hall–Kier alpha value is -1.51. The van der Waals surface area contributed by atoms with E-state index in [1.807, 2.05) is 24.3 Å². The summed E-state index contributed by atoms with van der Waals surface area (Å²) in [6, 6.07) is 7.70. The minimum atomic E-state index is 0.0489. The lowest BCUT2D eigenvalue weighted by molar-refractivity contribution is 0.0929. The molecule has 0 aliphatic heterocycles. The second kappa shape index (κ2) is 6.78. The first-order chi connectivity index (χ1) is 9.69. The van der Waals surface area contributed by atoms with Crippen LogP contribution in [0.15, 0.2) is 24.3 Å². The summed E-state index contributed by atoms with van der Waals surface area (Å²) in [5.41, 5.74) is 2.15. The molecular formula is C17H26N2O. The van der Waals surface area contributed by atoms with Crippen LogP contribution in [0.5, 0.6) is 0 Å². The van der Waals surface area contributed by atoms with Crippen LogP contribution in [0.3, 0.4) is 0 Å². The number of anilines is 1. The minimum Gasteiger partial charge on any atom is -0.385 e.